The van der Waals surface area contributed by atoms with E-state index in [9.17, 15) is 5.11 Å². The van der Waals surface area contributed by atoms with Gasteiger partial charge in [-0.2, -0.15) is 0 Å². The van der Waals surface area contributed by atoms with Crippen LogP contribution in [-0.2, 0) is 0 Å². The molecule has 2 nitrogen and oxygen atoms in total. The Hall–Kier alpha value is -1.38. The largest absolute Gasteiger partial charge is 0.396 e. The standard InChI is InChI=1S/C16H21NO/c1-16(2,17)15(10-11-18)14-9-5-7-12-6-3-4-8-13(12)14/h3-9,15,18H,10-11,17H2,1-2H3. The van der Waals surface area contributed by atoms with Crippen LogP contribution in [0.3, 0.4) is 0 Å². The van der Waals surface area contributed by atoms with Gasteiger partial charge in [0, 0.05) is 18.1 Å². The molecule has 2 heteroatoms. The Kier molecular flexibility index (Phi) is 3.69. The van der Waals surface area contributed by atoms with E-state index in [1.165, 1.54) is 16.3 Å². The van der Waals surface area contributed by atoms with Gasteiger partial charge in [0.2, 0.25) is 0 Å². The maximum absolute atomic E-state index is 9.28. The van der Waals surface area contributed by atoms with Crippen molar-refractivity contribution in [2.45, 2.75) is 31.7 Å². The van der Waals surface area contributed by atoms with Gasteiger partial charge < -0.3 is 10.8 Å². The molecule has 0 fully saturated rings. The first-order valence-corrected chi connectivity index (χ1v) is 6.41. The molecule has 18 heavy (non-hydrogen) atoms. The minimum atomic E-state index is -0.340. The Labute approximate surface area is 108 Å². The minimum Gasteiger partial charge on any atom is -0.396 e. The van der Waals surface area contributed by atoms with Crippen LogP contribution in [0.2, 0.25) is 0 Å². The molecule has 1 unspecified atom stereocenters. The molecular formula is C16H21NO. The van der Waals surface area contributed by atoms with Crippen molar-refractivity contribution < 1.29 is 5.11 Å². The van der Waals surface area contributed by atoms with Crippen LogP contribution in [0.4, 0.5) is 0 Å². The highest BCUT2D eigenvalue weighted by Crippen LogP contribution is 2.34. The van der Waals surface area contributed by atoms with E-state index in [2.05, 4.69) is 30.3 Å². The third-order valence-electron chi connectivity index (χ3n) is 3.51. The summed E-state index contributed by atoms with van der Waals surface area (Å²) in [7, 11) is 0. The van der Waals surface area contributed by atoms with Gasteiger partial charge >= 0.3 is 0 Å². The molecule has 0 bridgehead atoms. The highest BCUT2D eigenvalue weighted by atomic mass is 16.3. The highest BCUT2D eigenvalue weighted by molar-refractivity contribution is 5.86. The first kappa shape index (κ1) is 13.1. The van der Waals surface area contributed by atoms with E-state index in [0.717, 1.165) is 0 Å². The van der Waals surface area contributed by atoms with E-state index in [4.69, 9.17) is 5.73 Å². The van der Waals surface area contributed by atoms with Crippen molar-refractivity contribution in [2.75, 3.05) is 6.61 Å². The summed E-state index contributed by atoms with van der Waals surface area (Å²) in [5, 5.41) is 11.7. The zero-order valence-electron chi connectivity index (χ0n) is 11.1. The fourth-order valence-electron chi connectivity index (χ4n) is 2.61. The monoisotopic (exact) mass is 243 g/mol. The van der Waals surface area contributed by atoms with Crippen LogP contribution in [-0.4, -0.2) is 17.3 Å². The van der Waals surface area contributed by atoms with Crippen molar-refractivity contribution in [3.63, 3.8) is 0 Å². The molecule has 2 aromatic carbocycles. The number of aliphatic hydroxyl groups excluding tert-OH is 1. The molecule has 1 atom stereocenters. The van der Waals surface area contributed by atoms with Gasteiger partial charge in [0.05, 0.1) is 0 Å². The second kappa shape index (κ2) is 5.09. The average Bonchev–Trinajstić information content (AvgIpc) is 2.34. The first-order valence-electron chi connectivity index (χ1n) is 6.41. The minimum absolute atomic E-state index is 0.161. The molecule has 0 saturated heterocycles. The Balaban J connectivity index is 2.57. The van der Waals surface area contributed by atoms with Gasteiger partial charge in [-0.1, -0.05) is 42.5 Å². The van der Waals surface area contributed by atoms with Gasteiger partial charge in [-0.15, -0.1) is 0 Å². The molecule has 0 radical (unpaired) electrons. The van der Waals surface area contributed by atoms with Crippen LogP contribution in [0.25, 0.3) is 10.8 Å². The summed E-state index contributed by atoms with van der Waals surface area (Å²) in [4.78, 5) is 0. The fraction of sp³-hybridized carbons (Fsp3) is 0.375. The lowest BCUT2D eigenvalue weighted by Crippen LogP contribution is -2.39. The fourth-order valence-corrected chi connectivity index (χ4v) is 2.61. The molecular weight excluding hydrogens is 222 g/mol. The van der Waals surface area contributed by atoms with Crippen LogP contribution in [0.5, 0.6) is 0 Å². The molecule has 2 aromatic rings. The molecule has 2 rings (SSSR count). The lowest BCUT2D eigenvalue weighted by Gasteiger charge is -2.31. The van der Waals surface area contributed by atoms with Crippen LogP contribution in [0.15, 0.2) is 42.5 Å². The third kappa shape index (κ3) is 2.55. The van der Waals surface area contributed by atoms with Crippen LogP contribution >= 0.6 is 0 Å². The quantitative estimate of drug-likeness (QED) is 0.867. The number of aliphatic hydroxyl groups is 1. The molecule has 0 aromatic heterocycles. The maximum atomic E-state index is 9.28. The van der Waals surface area contributed by atoms with Crippen molar-refractivity contribution in [3.05, 3.63) is 48.0 Å². The molecule has 0 aliphatic heterocycles. The van der Waals surface area contributed by atoms with Crippen molar-refractivity contribution >= 4 is 10.8 Å². The summed E-state index contributed by atoms with van der Waals surface area (Å²) in [6.07, 6.45) is 0.692. The van der Waals surface area contributed by atoms with Gasteiger partial charge in [0.15, 0.2) is 0 Å². The second-order valence-electron chi connectivity index (χ2n) is 5.45. The maximum Gasteiger partial charge on any atom is 0.0437 e. The van der Waals surface area contributed by atoms with Crippen LogP contribution in [0.1, 0.15) is 31.7 Å². The van der Waals surface area contributed by atoms with Gasteiger partial charge in [-0.05, 0) is 36.6 Å². The number of benzene rings is 2. The Morgan fingerprint density at radius 3 is 2.44 bits per heavy atom. The molecule has 0 aliphatic rings. The van der Waals surface area contributed by atoms with Gasteiger partial charge in [0.1, 0.15) is 0 Å². The number of hydrogen-bond acceptors (Lipinski definition) is 2. The molecule has 0 heterocycles. The normalized spacial score (nSPS) is 13.8. The summed E-state index contributed by atoms with van der Waals surface area (Å²) < 4.78 is 0. The lowest BCUT2D eigenvalue weighted by molar-refractivity contribution is 0.251. The summed E-state index contributed by atoms with van der Waals surface area (Å²) in [5.41, 5.74) is 7.17. The molecule has 0 aliphatic carbocycles. The summed E-state index contributed by atoms with van der Waals surface area (Å²) in [6, 6.07) is 14.6. The predicted octanol–water partition coefficient (Wildman–Crippen LogP) is 3.04. The van der Waals surface area contributed by atoms with Crippen molar-refractivity contribution in [1.82, 2.24) is 0 Å². The zero-order valence-corrected chi connectivity index (χ0v) is 11.1. The number of rotatable bonds is 4. The number of hydrogen-bond donors (Lipinski definition) is 2. The highest BCUT2D eigenvalue weighted by Gasteiger charge is 2.27. The topological polar surface area (TPSA) is 46.2 Å². The van der Waals surface area contributed by atoms with Gasteiger partial charge in [-0.25, -0.2) is 0 Å². The summed E-state index contributed by atoms with van der Waals surface area (Å²) >= 11 is 0. The van der Waals surface area contributed by atoms with E-state index < -0.39 is 0 Å². The van der Waals surface area contributed by atoms with E-state index in [-0.39, 0.29) is 18.1 Å². The second-order valence-corrected chi connectivity index (χ2v) is 5.45. The van der Waals surface area contributed by atoms with Crippen LogP contribution in [0, 0.1) is 0 Å². The van der Waals surface area contributed by atoms with Crippen molar-refractivity contribution in [3.8, 4) is 0 Å². The summed E-state index contributed by atoms with van der Waals surface area (Å²) in [5.74, 6) is 0.161. The molecule has 0 amide bonds. The first-order chi connectivity index (χ1) is 8.54. The SMILES string of the molecule is CC(C)(N)C(CCO)c1cccc2ccccc12. The van der Waals surface area contributed by atoms with E-state index >= 15 is 0 Å². The third-order valence-corrected chi connectivity index (χ3v) is 3.51. The Morgan fingerprint density at radius 2 is 1.78 bits per heavy atom. The predicted molar refractivity (Wildman–Crippen MR) is 76.7 cm³/mol. The number of nitrogens with two attached hydrogens (primary N) is 1. The smallest absolute Gasteiger partial charge is 0.0437 e. The van der Waals surface area contributed by atoms with Crippen molar-refractivity contribution in [2.24, 2.45) is 5.73 Å². The average molecular weight is 243 g/mol. The van der Waals surface area contributed by atoms with Gasteiger partial charge in [0.25, 0.3) is 0 Å². The van der Waals surface area contributed by atoms with E-state index in [1.807, 2.05) is 26.0 Å². The number of fused-ring (bicyclic) bond motifs is 1. The van der Waals surface area contributed by atoms with E-state index in [1.54, 1.807) is 0 Å². The van der Waals surface area contributed by atoms with Gasteiger partial charge in [-0.3, -0.25) is 0 Å². The lowest BCUT2D eigenvalue weighted by atomic mass is 9.79. The zero-order chi connectivity index (χ0) is 13.2. The molecule has 0 spiro atoms. The van der Waals surface area contributed by atoms with Crippen molar-refractivity contribution in [1.29, 1.82) is 0 Å². The molecule has 3 N–H and O–H groups in total. The summed E-state index contributed by atoms with van der Waals surface area (Å²) in [6.45, 7) is 4.21. The Morgan fingerprint density at radius 1 is 1.11 bits per heavy atom. The Bertz CT molecular complexity index is 523. The molecule has 96 valence electrons. The molecule has 0 saturated carbocycles. The van der Waals surface area contributed by atoms with Crippen LogP contribution < -0.4 is 5.73 Å². The van der Waals surface area contributed by atoms with E-state index in [0.29, 0.717) is 6.42 Å².